The van der Waals surface area contributed by atoms with Crippen LogP contribution in [0, 0.1) is 5.92 Å². The minimum absolute atomic E-state index is 0.126. The van der Waals surface area contributed by atoms with E-state index in [1.807, 2.05) is 23.7 Å². The first-order valence-electron chi connectivity index (χ1n) is 8.74. The molecule has 138 valence electrons. The molecular formula is C19H23N3O4. The fourth-order valence-corrected chi connectivity index (χ4v) is 3.14. The van der Waals surface area contributed by atoms with Gasteiger partial charge in [-0.3, -0.25) is 9.48 Å². The van der Waals surface area contributed by atoms with Crippen LogP contribution in [0.1, 0.15) is 47.9 Å². The molecule has 2 N–H and O–H groups in total. The monoisotopic (exact) mass is 357 g/mol. The molecule has 0 spiro atoms. The van der Waals surface area contributed by atoms with Crippen LogP contribution in [-0.4, -0.2) is 33.4 Å². The number of hydrogen-bond donors (Lipinski definition) is 2. The molecule has 1 aromatic carbocycles. The quantitative estimate of drug-likeness (QED) is 0.828. The van der Waals surface area contributed by atoms with Crippen molar-refractivity contribution in [3.05, 3.63) is 47.3 Å². The summed E-state index contributed by atoms with van der Waals surface area (Å²) in [6.07, 6.45) is 3.60. The third-order valence-corrected chi connectivity index (χ3v) is 4.66. The average Bonchev–Trinajstić information content (AvgIpc) is 3.03. The van der Waals surface area contributed by atoms with Crippen molar-refractivity contribution in [3.63, 3.8) is 0 Å². The van der Waals surface area contributed by atoms with Gasteiger partial charge in [0.2, 0.25) is 0 Å². The zero-order valence-electron chi connectivity index (χ0n) is 14.9. The number of benzene rings is 1. The van der Waals surface area contributed by atoms with E-state index in [4.69, 9.17) is 9.84 Å². The summed E-state index contributed by atoms with van der Waals surface area (Å²) in [5, 5.41) is 16.0. The Hall–Kier alpha value is -2.83. The van der Waals surface area contributed by atoms with Gasteiger partial charge in [0.25, 0.3) is 5.91 Å². The maximum atomic E-state index is 12.7. The Bertz CT molecular complexity index is 798. The lowest BCUT2D eigenvalue weighted by molar-refractivity contribution is -0.139. The van der Waals surface area contributed by atoms with Gasteiger partial charge in [-0.25, -0.2) is 4.79 Å². The zero-order chi connectivity index (χ0) is 18.7. The predicted molar refractivity (Wildman–Crippen MR) is 95.2 cm³/mol. The van der Waals surface area contributed by atoms with Crippen LogP contribution in [0.3, 0.4) is 0 Å². The Morgan fingerprint density at radius 3 is 2.81 bits per heavy atom. The number of aryl methyl sites for hydroxylation is 1. The van der Waals surface area contributed by atoms with Crippen LogP contribution in [0.2, 0.25) is 0 Å². The van der Waals surface area contributed by atoms with Gasteiger partial charge < -0.3 is 15.2 Å². The highest BCUT2D eigenvalue weighted by atomic mass is 16.5. The summed E-state index contributed by atoms with van der Waals surface area (Å²) >= 11 is 0. The number of carboxylic acid groups (broad SMARTS) is 1. The molecule has 0 aliphatic carbocycles. The topological polar surface area (TPSA) is 93.5 Å². The number of aliphatic carboxylic acids is 1. The second-order valence-corrected chi connectivity index (χ2v) is 6.77. The molecule has 7 heteroatoms. The third kappa shape index (κ3) is 4.04. The van der Waals surface area contributed by atoms with E-state index >= 15 is 0 Å². The normalized spacial score (nSPS) is 17.2. The Morgan fingerprint density at radius 2 is 2.12 bits per heavy atom. The van der Waals surface area contributed by atoms with E-state index < -0.39 is 5.97 Å². The lowest BCUT2D eigenvalue weighted by Gasteiger charge is -2.21. The number of fused-ring (bicyclic) bond motifs is 1. The van der Waals surface area contributed by atoms with Gasteiger partial charge in [-0.15, -0.1) is 0 Å². The van der Waals surface area contributed by atoms with Gasteiger partial charge in [-0.1, -0.05) is 19.1 Å². The van der Waals surface area contributed by atoms with Crippen LogP contribution in [0.4, 0.5) is 0 Å². The number of carbonyl (C=O) groups is 2. The predicted octanol–water partition coefficient (Wildman–Crippen LogP) is 2.42. The van der Waals surface area contributed by atoms with E-state index in [0.717, 1.165) is 30.6 Å². The van der Waals surface area contributed by atoms with Crippen LogP contribution in [0.25, 0.3) is 0 Å². The standard InChI is InChI=1S/C19H23N3O4/c1-12-7-8-22-17(9-12)16(10-20-22)19(25)21-13(2)14-3-5-15(6-4-14)26-11-18(23)24/h3-6,10,12-13H,7-9,11H2,1-2H3,(H,21,25)(H,23,24). The highest BCUT2D eigenvalue weighted by Crippen LogP contribution is 2.23. The lowest BCUT2D eigenvalue weighted by Crippen LogP contribution is -2.28. The second kappa shape index (κ2) is 7.59. The number of carboxylic acids is 1. The number of nitrogens with one attached hydrogen (secondary N) is 1. The molecule has 1 amide bonds. The summed E-state index contributed by atoms with van der Waals surface area (Å²) in [5.41, 5.74) is 2.56. The fraction of sp³-hybridized carbons (Fsp3) is 0.421. The summed E-state index contributed by atoms with van der Waals surface area (Å²) < 4.78 is 7.04. The minimum Gasteiger partial charge on any atom is -0.482 e. The Balaban J connectivity index is 1.64. The summed E-state index contributed by atoms with van der Waals surface area (Å²) in [6.45, 7) is 4.58. The van der Waals surface area contributed by atoms with E-state index in [1.54, 1.807) is 18.3 Å². The molecule has 26 heavy (non-hydrogen) atoms. The summed E-state index contributed by atoms with van der Waals surface area (Å²) in [7, 11) is 0. The number of nitrogens with zero attached hydrogens (tertiary/aromatic N) is 2. The first-order chi connectivity index (χ1) is 12.4. The Morgan fingerprint density at radius 1 is 1.38 bits per heavy atom. The summed E-state index contributed by atoms with van der Waals surface area (Å²) in [5.74, 6) is -0.108. The van der Waals surface area contributed by atoms with E-state index in [0.29, 0.717) is 17.2 Å². The first kappa shape index (κ1) is 18.0. The van der Waals surface area contributed by atoms with E-state index in [9.17, 15) is 9.59 Å². The van der Waals surface area contributed by atoms with Crippen molar-refractivity contribution in [2.75, 3.05) is 6.61 Å². The molecule has 2 unspecified atom stereocenters. The maximum absolute atomic E-state index is 12.7. The van der Waals surface area contributed by atoms with Crippen molar-refractivity contribution in [1.29, 1.82) is 0 Å². The number of hydrogen-bond acceptors (Lipinski definition) is 4. The number of amides is 1. The number of ether oxygens (including phenoxy) is 1. The van der Waals surface area contributed by atoms with Crippen LogP contribution in [0.15, 0.2) is 30.5 Å². The van der Waals surface area contributed by atoms with E-state index in [1.165, 1.54) is 0 Å². The van der Waals surface area contributed by atoms with Gasteiger partial charge in [0.15, 0.2) is 6.61 Å². The Labute approximate surface area is 152 Å². The number of aromatic nitrogens is 2. The van der Waals surface area contributed by atoms with Crippen molar-refractivity contribution in [2.24, 2.45) is 5.92 Å². The molecule has 2 aromatic rings. The second-order valence-electron chi connectivity index (χ2n) is 6.77. The largest absolute Gasteiger partial charge is 0.482 e. The number of carbonyl (C=O) groups excluding carboxylic acids is 1. The maximum Gasteiger partial charge on any atom is 0.341 e. The number of rotatable bonds is 6. The molecule has 2 atom stereocenters. The molecule has 0 saturated carbocycles. The van der Waals surface area contributed by atoms with Crippen molar-refractivity contribution >= 4 is 11.9 Å². The van der Waals surface area contributed by atoms with Crippen LogP contribution in [-0.2, 0) is 17.8 Å². The molecule has 1 aromatic heterocycles. The molecule has 0 radical (unpaired) electrons. The minimum atomic E-state index is -1.02. The van der Waals surface area contributed by atoms with Crippen LogP contribution < -0.4 is 10.1 Å². The first-order valence-corrected chi connectivity index (χ1v) is 8.74. The summed E-state index contributed by atoms with van der Waals surface area (Å²) in [4.78, 5) is 23.2. The van der Waals surface area contributed by atoms with Crippen LogP contribution in [0.5, 0.6) is 5.75 Å². The molecule has 0 bridgehead atoms. The SMILES string of the molecule is CC1CCn2ncc(C(=O)NC(C)c3ccc(OCC(=O)O)cc3)c2C1. The molecule has 0 saturated heterocycles. The third-order valence-electron chi connectivity index (χ3n) is 4.66. The highest BCUT2D eigenvalue weighted by molar-refractivity contribution is 5.95. The van der Waals surface area contributed by atoms with Gasteiger partial charge in [-0.05, 0) is 43.4 Å². The van der Waals surface area contributed by atoms with E-state index in [-0.39, 0.29) is 18.6 Å². The van der Waals surface area contributed by atoms with Crippen molar-refractivity contribution < 1.29 is 19.4 Å². The van der Waals surface area contributed by atoms with Gasteiger partial charge in [0, 0.05) is 6.54 Å². The smallest absolute Gasteiger partial charge is 0.341 e. The van der Waals surface area contributed by atoms with Crippen LogP contribution >= 0.6 is 0 Å². The van der Waals surface area contributed by atoms with Gasteiger partial charge in [0.05, 0.1) is 23.5 Å². The van der Waals surface area contributed by atoms with Crippen molar-refractivity contribution in [1.82, 2.24) is 15.1 Å². The van der Waals surface area contributed by atoms with E-state index in [2.05, 4.69) is 17.3 Å². The molecule has 0 fully saturated rings. The van der Waals surface area contributed by atoms with Gasteiger partial charge >= 0.3 is 5.97 Å². The van der Waals surface area contributed by atoms with Crippen molar-refractivity contribution in [2.45, 2.75) is 39.3 Å². The average molecular weight is 357 g/mol. The molecule has 7 nitrogen and oxygen atoms in total. The molecule has 2 heterocycles. The van der Waals surface area contributed by atoms with Gasteiger partial charge in [-0.2, -0.15) is 5.10 Å². The molecule has 1 aliphatic rings. The Kier molecular flexibility index (Phi) is 5.25. The summed E-state index contributed by atoms with van der Waals surface area (Å²) in [6, 6.07) is 6.84. The van der Waals surface area contributed by atoms with Crippen molar-refractivity contribution in [3.8, 4) is 5.75 Å². The lowest BCUT2D eigenvalue weighted by atomic mass is 9.96. The highest BCUT2D eigenvalue weighted by Gasteiger charge is 2.24. The van der Waals surface area contributed by atoms with Gasteiger partial charge in [0.1, 0.15) is 5.75 Å². The zero-order valence-corrected chi connectivity index (χ0v) is 14.9. The molecule has 1 aliphatic heterocycles. The fourth-order valence-electron chi connectivity index (χ4n) is 3.14. The molecule has 3 rings (SSSR count). The molecular weight excluding hydrogens is 334 g/mol.